The normalized spacial score (nSPS) is 16.5. The van der Waals surface area contributed by atoms with E-state index in [0.717, 1.165) is 49.5 Å². The Morgan fingerprint density at radius 3 is 2.74 bits per heavy atom. The molecule has 0 atom stereocenters. The first-order chi connectivity index (χ1) is 9.06. The second-order valence-corrected chi connectivity index (χ2v) is 5.23. The molecule has 2 rings (SSSR count). The van der Waals surface area contributed by atoms with E-state index in [2.05, 4.69) is 4.90 Å². The number of aliphatic carboxylic acids is 1. The van der Waals surface area contributed by atoms with Crippen LogP contribution in [0.15, 0.2) is 12.1 Å². The van der Waals surface area contributed by atoms with Crippen LogP contribution in [0.4, 0.5) is 0 Å². The lowest BCUT2D eigenvalue weighted by atomic mass is 10.0. The molecule has 0 aliphatic carbocycles. The van der Waals surface area contributed by atoms with Crippen molar-refractivity contribution in [2.24, 2.45) is 0 Å². The molecule has 1 saturated heterocycles. The molecule has 1 N–H and O–H groups in total. The molecule has 19 heavy (non-hydrogen) atoms. The first-order valence-corrected chi connectivity index (χ1v) is 6.74. The Morgan fingerprint density at radius 2 is 2.11 bits per heavy atom. The fourth-order valence-corrected chi connectivity index (χ4v) is 2.50. The van der Waals surface area contributed by atoms with E-state index in [1.165, 1.54) is 0 Å². The van der Waals surface area contributed by atoms with Gasteiger partial charge in [0, 0.05) is 24.7 Å². The van der Waals surface area contributed by atoms with E-state index in [1.807, 2.05) is 13.0 Å². The molecule has 0 spiro atoms. The van der Waals surface area contributed by atoms with Gasteiger partial charge >= 0.3 is 5.97 Å². The number of morpholine rings is 1. The summed E-state index contributed by atoms with van der Waals surface area (Å²) in [7, 11) is 0. The van der Waals surface area contributed by atoms with Gasteiger partial charge in [-0.25, -0.2) is 0 Å². The van der Waals surface area contributed by atoms with Gasteiger partial charge in [0.2, 0.25) is 0 Å². The van der Waals surface area contributed by atoms with E-state index in [9.17, 15) is 4.79 Å². The van der Waals surface area contributed by atoms with Crippen LogP contribution in [-0.4, -0.2) is 42.3 Å². The molecule has 5 heteroatoms. The Hall–Kier alpha value is -1.10. The number of nitrogens with zero attached hydrogens (tertiary/aromatic N) is 1. The third kappa shape index (κ3) is 3.93. The van der Waals surface area contributed by atoms with E-state index in [-0.39, 0.29) is 6.42 Å². The number of carboxylic acids is 1. The molecule has 1 aliphatic heterocycles. The summed E-state index contributed by atoms with van der Waals surface area (Å²) in [5, 5.41) is 9.51. The number of halogens is 1. The van der Waals surface area contributed by atoms with E-state index in [1.54, 1.807) is 6.07 Å². The predicted molar refractivity (Wildman–Crippen MR) is 73.6 cm³/mol. The minimum Gasteiger partial charge on any atom is -0.481 e. The second kappa shape index (κ2) is 6.37. The minimum absolute atomic E-state index is 0.0100. The fourth-order valence-electron chi connectivity index (χ4n) is 2.24. The smallest absolute Gasteiger partial charge is 0.307 e. The van der Waals surface area contributed by atoms with E-state index < -0.39 is 5.97 Å². The number of carboxylic acid groups (broad SMARTS) is 1. The first kappa shape index (κ1) is 14.3. The van der Waals surface area contributed by atoms with Crippen molar-refractivity contribution in [3.05, 3.63) is 33.8 Å². The molecule has 1 aromatic carbocycles. The highest BCUT2D eigenvalue weighted by atomic mass is 35.5. The fraction of sp³-hybridized carbons (Fsp3) is 0.500. The lowest BCUT2D eigenvalue weighted by molar-refractivity contribution is -0.136. The molecule has 4 nitrogen and oxygen atoms in total. The second-order valence-electron chi connectivity index (χ2n) is 4.82. The van der Waals surface area contributed by atoms with Gasteiger partial charge in [-0.05, 0) is 29.7 Å². The van der Waals surface area contributed by atoms with Gasteiger partial charge in [-0.3, -0.25) is 9.69 Å². The number of hydrogen-bond acceptors (Lipinski definition) is 3. The van der Waals surface area contributed by atoms with Crippen molar-refractivity contribution >= 4 is 17.6 Å². The standard InChI is InChI=1S/C14H18ClNO3/c1-10-12(9-16-2-4-19-5-3-16)6-11(7-13(10)15)8-14(17)18/h6-7H,2-5,8-9H2,1H3,(H,17,18). The monoisotopic (exact) mass is 283 g/mol. The maximum atomic E-state index is 10.8. The number of benzene rings is 1. The third-order valence-electron chi connectivity index (χ3n) is 3.36. The number of carbonyl (C=O) groups is 1. The van der Waals surface area contributed by atoms with Crippen LogP contribution in [0.25, 0.3) is 0 Å². The van der Waals surface area contributed by atoms with Crippen LogP contribution in [0.1, 0.15) is 16.7 Å². The van der Waals surface area contributed by atoms with Crippen molar-refractivity contribution in [2.45, 2.75) is 19.9 Å². The van der Waals surface area contributed by atoms with Crippen molar-refractivity contribution in [1.29, 1.82) is 0 Å². The van der Waals surface area contributed by atoms with Crippen LogP contribution < -0.4 is 0 Å². The Labute approximate surface area is 117 Å². The third-order valence-corrected chi connectivity index (χ3v) is 3.76. The molecule has 104 valence electrons. The SMILES string of the molecule is Cc1c(Cl)cc(CC(=O)O)cc1CN1CCOCC1. The highest BCUT2D eigenvalue weighted by Crippen LogP contribution is 2.23. The Balaban J connectivity index is 2.17. The molecular weight excluding hydrogens is 266 g/mol. The Bertz CT molecular complexity index is 470. The van der Waals surface area contributed by atoms with Crippen LogP contribution in [-0.2, 0) is 22.5 Å². The zero-order valence-electron chi connectivity index (χ0n) is 11.0. The molecule has 1 heterocycles. The minimum atomic E-state index is -0.836. The van der Waals surface area contributed by atoms with Crippen LogP contribution in [0.2, 0.25) is 5.02 Å². The lowest BCUT2D eigenvalue weighted by Gasteiger charge is -2.27. The van der Waals surface area contributed by atoms with Crippen molar-refractivity contribution in [3.8, 4) is 0 Å². The number of rotatable bonds is 4. The summed E-state index contributed by atoms with van der Waals surface area (Å²) >= 11 is 6.18. The van der Waals surface area contributed by atoms with Crippen LogP contribution >= 0.6 is 11.6 Å². The van der Waals surface area contributed by atoms with Crippen LogP contribution in [0, 0.1) is 6.92 Å². The molecule has 1 aromatic rings. The van der Waals surface area contributed by atoms with E-state index in [4.69, 9.17) is 21.4 Å². The first-order valence-electron chi connectivity index (χ1n) is 6.36. The molecule has 0 radical (unpaired) electrons. The average Bonchev–Trinajstić information content (AvgIpc) is 2.36. The maximum absolute atomic E-state index is 10.8. The molecule has 0 amide bonds. The number of ether oxygens (including phenoxy) is 1. The van der Waals surface area contributed by atoms with Gasteiger partial charge in [-0.2, -0.15) is 0 Å². The predicted octanol–water partition coefficient (Wildman–Crippen LogP) is 2.11. The molecule has 1 fully saturated rings. The zero-order chi connectivity index (χ0) is 13.8. The highest BCUT2D eigenvalue weighted by molar-refractivity contribution is 6.31. The van der Waals surface area contributed by atoms with Crippen molar-refractivity contribution < 1.29 is 14.6 Å². The lowest BCUT2D eigenvalue weighted by Crippen LogP contribution is -2.35. The molecule has 0 saturated carbocycles. The van der Waals surface area contributed by atoms with Gasteiger partial charge in [0.05, 0.1) is 19.6 Å². The Morgan fingerprint density at radius 1 is 1.42 bits per heavy atom. The summed E-state index contributed by atoms with van der Waals surface area (Å²) < 4.78 is 5.32. The van der Waals surface area contributed by atoms with E-state index >= 15 is 0 Å². The molecule has 1 aliphatic rings. The van der Waals surface area contributed by atoms with Gasteiger partial charge in [-0.15, -0.1) is 0 Å². The summed E-state index contributed by atoms with van der Waals surface area (Å²) in [6, 6.07) is 3.69. The zero-order valence-corrected chi connectivity index (χ0v) is 11.7. The Kier molecular flexibility index (Phi) is 4.80. The van der Waals surface area contributed by atoms with Gasteiger partial charge in [0.25, 0.3) is 0 Å². The highest BCUT2D eigenvalue weighted by Gasteiger charge is 2.14. The van der Waals surface area contributed by atoms with Gasteiger partial charge in [0.1, 0.15) is 0 Å². The average molecular weight is 284 g/mol. The summed E-state index contributed by atoms with van der Waals surface area (Å²) in [6.07, 6.45) is 0.0100. The van der Waals surface area contributed by atoms with E-state index in [0.29, 0.717) is 5.02 Å². The van der Waals surface area contributed by atoms with Gasteiger partial charge in [-0.1, -0.05) is 17.7 Å². The maximum Gasteiger partial charge on any atom is 0.307 e. The van der Waals surface area contributed by atoms with Crippen molar-refractivity contribution in [1.82, 2.24) is 4.90 Å². The van der Waals surface area contributed by atoms with Crippen LogP contribution in [0.5, 0.6) is 0 Å². The molecular formula is C14H18ClNO3. The summed E-state index contributed by atoms with van der Waals surface area (Å²) in [5.41, 5.74) is 2.89. The largest absolute Gasteiger partial charge is 0.481 e. The topological polar surface area (TPSA) is 49.8 Å². The molecule has 0 bridgehead atoms. The number of hydrogen-bond donors (Lipinski definition) is 1. The summed E-state index contributed by atoms with van der Waals surface area (Å²) in [4.78, 5) is 13.1. The van der Waals surface area contributed by atoms with Crippen LogP contribution in [0.3, 0.4) is 0 Å². The van der Waals surface area contributed by atoms with Crippen molar-refractivity contribution in [2.75, 3.05) is 26.3 Å². The van der Waals surface area contributed by atoms with Crippen molar-refractivity contribution in [3.63, 3.8) is 0 Å². The molecule has 0 aromatic heterocycles. The van der Waals surface area contributed by atoms with Gasteiger partial charge < -0.3 is 9.84 Å². The molecule has 0 unspecified atom stereocenters. The quantitative estimate of drug-likeness (QED) is 0.919. The summed E-state index contributed by atoms with van der Waals surface area (Å²) in [6.45, 7) is 6.08. The van der Waals surface area contributed by atoms with Gasteiger partial charge in [0.15, 0.2) is 0 Å². The summed E-state index contributed by atoms with van der Waals surface area (Å²) in [5.74, 6) is -0.836.